The first-order valence-corrected chi connectivity index (χ1v) is 21.6. The van der Waals surface area contributed by atoms with E-state index in [0.29, 0.717) is 0 Å². The zero-order chi connectivity index (χ0) is 41.4. The Kier molecular flexibility index (Phi) is 7.91. The summed E-state index contributed by atoms with van der Waals surface area (Å²) in [6, 6.07) is 83.5. The fraction of sp³-hybridized carbons (Fsp3) is 0. The van der Waals surface area contributed by atoms with Crippen LogP contribution in [-0.2, 0) is 0 Å². The van der Waals surface area contributed by atoms with E-state index in [0.717, 1.165) is 61.2 Å². The Morgan fingerprint density at radius 3 is 1.52 bits per heavy atom. The van der Waals surface area contributed by atoms with Crippen molar-refractivity contribution in [2.75, 3.05) is 4.90 Å². The quantitative estimate of drug-likeness (QED) is 0.156. The Bertz CT molecular complexity index is 3860. The highest BCUT2D eigenvalue weighted by molar-refractivity contribution is 6.15. The minimum absolute atomic E-state index is 0.864. The standard InChI is InChI=1S/C60H38N2O/c1-3-14-50-41(10-1)20-21-45-36-44(27-33-51(45)50)40-24-30-47(31-25-40)61(49-32-35-55-56-34-26-42-11-2-4-15-52(42)60(56)63-59(55)38-49)46-28-22-39(23-29-46)43-12-9-13-48(37-43)62-57-18-7-5-16-53(57)54-17-6-8-19-58(54)62/h1-38H. The highest BCUT2D eigenvalue weighted by atomic mass is 16.3. The highest BCUT2D eigenvalue weighted by Crippen LogP contribution is 2.42. The van der Waals surface area contributed by atoms with Crippen LogP contribution in [0.15, 0.2) is 235 Å². The second-order valence-corrected chi connectivity index (χ2v) is 16.5. The Labute approximate surface area is 363 Å². The SMILES string of the molecule is c1cc(-c2ccc(N(c3ccc(-c4ccc5c(ccc6ccccc65)c4)cc3)c3ccc4c(c3)oc3c5ccccc5ccc43)cc2)cc(-n2c3ccccc3c3ccccc32)c1. The summed E-state index contributed by atoms with van der Waals surface area (Å²) in [6.45, 7) is 0. The predicted molar refractivity (Wildman–Crippen MR) is 266 cm³/mol. The molecule has 3 heteroatoms. The lowest BCUT2D eigenvalue weighted by molar-refractivity contribution is 0.672. The van der Waals surface area contributed by atoms with E-state index in [9.17, 15) is 0 Å². The van der Waals surface area contributed by atoms with Crippen molar-refractivity contribution < 1.29 is 4.42 Å². The lowest BCUT2D eigenvalue weighted by Crippen LogP contribution is -2.09. The molecule has 0 saturated carbocycles. The summed E-state index contributed by atoms with van der Waals surface area (Å²) in [5.74, 6) is 0. The summed E-state index contributed by atoms with van der Waals surface area (Å²) in [4.78, 5) is 2.33. The largest absolute Gasteiger partial charge is 0.455 e. The average Bonchev–Trinajstić information content (AvgIpc) is 3.90. The fourth-order valence-electron chi connectivity index (χ4n) is 9.90. The van der Waals surface area contributed by atoms with E-state index < -0.39 is 0 Å². The molecule has 11 aromatic carbocycles. The molecule has 13 rings (SSSR count). The number of para-hydroxylation sites is 2. The summed E-state index contributed by atoms with van der Waals surface area (Å²) in [6.07, 6.45) is 0. The second kappa shape index (κ2) is 14.1. The van der Waals surface area contributed by atoms with Gasteiger partial charge in [-0.15, -0.1) is 0 Å². The minimum Gasteiger partial charge on any atom is -0.455 e. The third-order valence-corrected chi connectivity index (χ3v) is 13.0. The monoisotopic (exact) mass is 802 g/mol. The fourth-order valence-corrected chi connectivity index (χ4v) is 9.90. The van der Waals surface area contributed by atoms with Gasteiger partial charge in [-0.25, -0.2) is 0 Å². The highest BCUT2D eigenvalue weighted by Gasteiger charge is 2.18. The van der Waals surface area contributed by atoms with Gasteiger partial charge in [-0.05, 0) is 122 Å². The number of fused-ring (bicyclic) bond motifs is 11. The van der Waals surface area contributed by atoms with E-state index in [1.54, 1.807) is 0 Å². The van der Waals surface area contributed by atoms with Crippen molar-refractivity contribution in [2.24, 2.45) is 0 Å². The van der Waals surface area contributed by atoms with E-state index in [-0.39, 0.29) is 0 Å². The maximum absolute atomic E-state index is 6.71. The van der Waals surface area contributed by atoms with E-state index in [1.807, 2.05) is 0 Å². The van der Waals surface area contributed by atoms with E-state index in [1.165, 1.54) is 59.9 Å². The van der Waals surface area contributed by atoms with Crippen LogP contribution in [0.5, 0.6) is 0 Å². The molecule has 13 aromatic rings. The van der Waals surface area contributed by atoms with Gasteiger partial charge in [0, 0.05) is 55.7 Å². The molecule has 2 aromatic heterocycles. The number of furan rings is 1. The predicted octanol–water partition coefficient (Wildman–Crippen LogP) is 16.9. The first kappa shape index (κ1) is 35.4. The lowest BCUT2D eigenvalue weighted by atomic mass is 9.97. The molecule has 0 atom stereocenters. The van der Waals surface area contributed by atoms with E-state index >= 15 is 0 Å². The molecule has 0 radical (unpaired) electrons. The smallest absolute Gasteiger partial charge is 0.143 e. The number of anilines is 3. The van der Waals surface area contributed by atoms with Gasteiger partial charge in [0.25, 0.3) is 0 Å². The summed E-state index contributed by atoms with van der Waals surface area (Å²) in [5, 5.41) is 12.1. The van der Waals surface area contributed by atoms with E-state index in [4.69, 9.17) is 4.42 Å². The summed E-state index contributed by atoms with van der Waals surface area (Å²) in [5.41, 5.74) is 13.2. The molecule has 0 N–H and O–H groups in total. The molecule has 294 valence electrons. The number of aromatic nitrogens is 1. The zero-order valence-corrected chi connectivity index (χ0v) is 34.2. The number of benzene rings is 11. The van der Waals surface area contributed by atoms with Crippen molar-refractivity contribution in [3.8, 4) is 27.9 Å². The number of hydrogen-bond donors (Lipinski definition) is 0. The summed E-state index contributed by atoms with van der Waals surface area (Å²) >= 11 is 0. The molecular weight excluding hydrogens is 765 g/mol. The second-order valence-electron chi connectivity index (χ2n) is 16.5. The van der Waals surface area contributed by atoms with Crippen molar-refractivity contribution in [3.63, 3.8) is 0 Å². The number of rotatable bonds is 6. The van der Waals surface area contributed by atoms with Gasteiger partial charge in [0.1, 0.15) is 11.2 Å². The topological polar surface area (TPSA) is 21.3 Å². The van der Waals surface area contributed by atoms with Crippen molar-refractivity contribution in [2.45, 2.75) is 0 Å². The van der Waals surface area contributed by atoms with Crippen LogP contribution < -0.4 is 4.90 Å². The van der Waals surface area contributed by atoms with Crippen molar-refractivity contribution >= 4 is 93.1 Å². The Balaban J connectivity index is 0.906. The Morgan fingerprint density at radius 1 is 0.302 bits per heavy atom. The Hall–Kier alpha value is -8.40. The Morgan fingerprint density at radius 2 is 0.810 bits per heavy atom. The van der Waals surface area contributed by atoms with Crippen LogP contribution in [0.25, 0.3) is 104 Å². The van der Waals surface area contributed by atoms with Gasteiger partial charge in [-0.3, -0.25) is 0 Å². The lowest BCUT2D eigenvalue weighted by Gasteiger charge is -2.26. The van der Waals surface area contributed by atoms with Crippen LogP contribution in [0, 0.1) is 0 Å². The van der Waals surface area contributed by atoms with Crippen molar-refractivity contribution in [3.05, 3.63) is 231 Å². The van der Waals surface area contributed by atoms with Crippen molar-refractivity contribution in [1.29, 1.82) is 0 Å². The summed E-state index contributed by atoms with van der Waals surface area (Å²) < 4.78 is 9.09. The molecule has 0 fully saturated rings. The maximum atomic E-state index is 6.71. The molecule has 0 aliphatic carbocycles. The van der Waals surface area contributed by atoms with E-state index in [2.05, 4.69) is 240 Å². The molecule has 0 amide bonds. The molecule has 0 aliphatic rings. The van der Waals surface area contributed by atoms with Gasteiger partial charge in [-0.1, -0.05) is 152 Å². The van der Waals surface area contributed by atoms with Crippen LogP contribution in [-0.4, -0.2) is 4.57 Å². The van der Waals surface area contributed by atoms with Gasteiger partial charge in [-0.2, -0.15) is 0 Å². The average molecular weight is 803 g/mol. The van der Waals surface area contributed by atoms with Crippen LogP contribution in [0.3, 0.4) is 0 Å². The third kappa shape index (κ3) is 5.75. The van der Waals surface area contributed by atoms with Gasteiger partial charge in [0.2, 0.25) is 0 Å². The molecule has 0 spiro atoms. The van der Waals surface area contributed by atoms with Crippen LogP contribution in [0.2, 0.25) is 0 Å². The molecular formula is C60H38N2O. The molecule has 2 heterocycles. The molecule has 0 aliphatic heterocycles. The molecule has 3 nitrogen and oxygen atoms in total. The molecule has 0 unspecified atom stereocenters. The first-order valence-electron chi connectivity index (χ1n) is 21.6. The van der Waals surface area contributed by atoms with Gasteiger partial charge < -0.3 is 13.9 Å². The third-order valence-electron chi connectivity index (χ3n) is 13.0. The van der Waals surface area contributed by atoms with Crippen molar-refractivity contribution in [1.82, 2.24) is 4.57 Å². The zero-order valence-electron chi connectivity index (χ0n) is 34.2. The van der Waals surface area contributed by atoms with Crippen LogP contribution >= 0.6 is 0 Å². The number of hydrogen-bond acceptors (Lipinski definition) is 2. The number of nitrogens with zero attached hydrogens (tertiary/aromatic N) is 2. The van der Waals surface area contributed by atoms with Crippen LogP contribution in [0.4, 0.5) is 17.1 Å². The van der Waals surface area contributed by atoms with Gasteiger partial charge in [0.05, 0.1) is 11.0 Å². The molecule has 63 heavy (non-hydrogen) atoms. The van der Waals surface area contributed by atoms with Crippen LogP contribution in [0.1, 0.15) is 0 Å². The maximum Gasteiger partial charge on any atom is 0.143 e. The normalized spacial score (nSPS) is 11.8. The first-order chi connectivity index (χ1) is 31.2. The van der Waals surface area contributed by atoms with Gasteiger partial charge in [0.15, 0.2) is 0 Å². The van der Waals surface area contributed by atoms with Gasteiger partial charge >= 0.3 is 0 Å². The minimum atomic E-state index is 0.864. The molecule has 0 saturated heterocycles. The summed E-state index contributed by atoms with van der Waals surface area (Å²) in [7, 11) is 0. The molecule has 0 bridgehead atoms.